The zero-order chi connectivity index (χ0) is 17.2. The Bertz CT molecular complexity index is 968. The van der Waals surface area contributed by atoms with E-state index in [4.69, 9.17) is 4.42 Å². The molecule has 0 bridgehead atoms. The number of carbonyl (C=O) groups is 1. The Hall–Kier alpha value is -2.83. The van der Waals surface area contributed by atoms with Gasteiger partial charge in [-0.25, -0.2) is 0 Å². The van der Waals surface area contributed by atoms with E-state index in [-0.39, 0.29) is 12.5 Å². The van der Waals surface area contributed by atoms with Crippen molar-refractivity contribution in [3.05, 3.63) is 71.4 Å². The highest BCUT2D eigenvalue weighted by molar-refractivity contribution is 7.13. The van der Waals surface area contributed by atoms with E-state index in [1.54, 1.807) is 23.5 Å². The smallest absolute Gasteiger partial charge is 0.267 e. The molecule has 3 aromatic heterocycles. The van der Waals surface area contributed by atoms with Crippen LogP contribution >= 0.6 is 11.3 Å². The van der Waals surface area contributed by atoms with Crippen LogP contribution in [0.2, 0.25) is 0 Å². The van der Waals surface area contributed by atoms with Crippen LogP contribution in [0.1, 0.15) is 22.4 Å². The topological polar surface area (TPSA) is 78.3 Å². The number of rotatable bonds is 5. The zero-order valence-electron chi connectivity index (χ0n) is 13.2. The predicted octanol–water partition coefficient (Wildman–Crippen LogP) is 3.95. The molecule has 0 radical (unpaired) electrons. The maximum absolute atomic E-state index is 12.3. The van der Waals surface area contributed by atoms with E-state index < -0.39 is 6.10 Å². The molecule has 25 heavy (non-hydrogen) atoms. The van der Waals surface area contributed by atoms with Crippen molar-refractivity contribution < 1.29 is 14.3 Å². The lowest BCUT2D eigenvalue weighted by atomic mass is 10.2. The van der Waals surface area contributed by atoms with Crippen LogP contribution in [0.25, 0.3) is 21.5 Å². The summed E-state index contributed by atoms with van der Waals surface area (Å²) in [6.07, 6.45) is -0.901. The number of thiophene rings is 1. The molecule has 0 fully saturated rings. The molecule has 126 valence electrons. The maximum atomic E-state index is 12.3. The summed E-state index contributed by atoms with van der Waals surface area (Å²) in [5.41, 5.74) is 1.37. The van der Waals surface area contributed by atoms with Gasteiger partial charge in [0.2, 0.25) is 0 Å². The van der Waals surface area contributed by atoms with Crippen LogP contribution in [0, 0.1) is 0 Å². The van der Waals surface area contributed by atoms with Gasteiger partial charge in [-0.15, -0.1) is 11.3 Å². The van der Waals surface area contributed by atoms with E-state index in [0.717, 1.165) is 15.8 Å². The molecule has 0 spiro atoms. The average molecular weight is 352 g/mol. The first-order chi connectivity index (χ1) is 12.2. The van der Waals surface area contributed by atoms with Gasteiger partial charge < -0.3 is 19.8 Å². The fourth-order valence-corrected chi connectivity index (χ4v) is 3.35. The average Bonchev–Trinajstić information content (AvgIpc) is 3.38. The van der Waals surface area contributed by atoms with Crippen molar-refractivity contribution in [2.45, 2.75) is 6.10 Å². The minimum atomic E-state index is -0.901. The van der Waals surface area contributed by atoms with Crippen LogP contribution in [0.15, 0.2) is 64.4 Å². The van der Waals surface area contributed by atoms with Crippen LogP contribution in [0.4, 0.5) is 0 Å². The predicted molar refractivity (Wildman–Crippen MR) is 97.6 cm³/mol. The number of fused-ring (bicyclic) bond motifs is 1. The Labute approximate surface area is 147 Å². The monoisotopic (exact) mass is 352 g/mol. The fraction of sp³-hybridized carbons (Fsp3) is 0.105. The van der Waals surface area contributed by atoms with E-state index in [1.165, 1.54) is 0 Å². The number of H-pyrrole nitrogens is 1. The molecule has 0 saturated heterocycles. The van der Waals surface area contributed by atoms with Gasteiger partial charge in [-0.3, -0.25) is 4.79 Å². The van der Waals surface area contributed by atoms with Gasteiger partial charge in [-0.05, 0) is 35.7 Å². The molecule has 0 saturated carbocycles. The molecule has 0 aliphatic carbocycles. The van der Waals surface area contributed by atoms with E-state index in [9.17, 15) is 9.90 Å². The number of aliphatic hydroxyl groups excluding tert-OH is 1. The molecule has 5 nitrogen and oxygen atoms in total. The van der Waals surface area contributed by atoms with Crippen LogP contribution in [-0.2, 0) is 0 Å². The number of benzene rings is 1. The standard InChI is InChI=1S/C19H16N2O3S/c22-15(16-7-8-17(24-16)18-6-3-9-25-18)11-20-19(23)14-10-12-4-1-2-5-13(12)21-14/h1-10,15,21-22H,11H2,(H,20,23). The number of amides is 1. The number of hydrogen-bond acceptors (Lipinski definition) is 4. The van der Waals surface area contributed by atoms with E-state index in [1.807, 2.05) is 47.8 Å². The number of aliphatic hydroxyl groups is 1. The Balaban J connectivity index is 1.41. The molecular weight excluding hydrogens is 336 g/mol. The van der Waals surface area contributed by atoms with Gasteiger partial charge in [0.1, 0.15) is 23.3 Å². The Morgan fingerprint density at radius 2 is 2.08 bits per heavy atom. The van der Waals surface area contributed by atoms with Crippen LogP contribution in [-0.4, -0.2) is 22.5 Å². The number of carbonyl (C=O) groups excluding carboxylic acids is 1. The quantitative estimate of drug-likeness (QED) is 0.509. The third kappa shape index (κ3) is 3.22. The summed E-state index contributed by atoms with van der Waals surface area (Å²) in [5, 5.41) is 15.9. The van der Waals surface area contributed by atoms with E-state index in [0.29, 0.717) is 17.2 Å². The van der Waals surface area contributed by atoms with Crippen molar-refractivity contribution in [3.8, 4) is 10.6 Å². The molecule has 1 aromatic carbocycles. The first-order valence-electron chi connectivity index (χ1n) is 7.88. The third-order valence-electron chi connectivity index (χ3n) is 3.95. The van der Waals surface area contributed by atoms with Gasteiger partial charge in [0.05, 0.1) is 11.4 Å². The van der Waals surface area contributed by atoms with Gasteiger partial charge in [0.25, 0.3) is 5.91 Å². The summed E-state index contributed by atoms with van der Waals surface area (Å²) < 4.78 is 5.68. The normalized spacial score (nSPS) is 12.4. The molecule has 1 unspecified atom stereocenters. The van der Waals surface area contributed by atoms with Crippen LogP contribution in [0.3, 0.4) is 0 Å². The Morgan fingerprint density at radius 1 is 1.20 bits per heavy atom. The minimum Gasteiger partial charge on any atom is -0.457 e. The number of para-hydroxylation sites is 1. The third-order valence-corrected chi connectivity index (χ3v) is 4.83. The van der Waals surface area contributed by atoms with Crippen molar-refractivity contribution in [1.29, 1.82) is 0 Å². The SMILES string of the molecule is O=C(NCC(O)c1ccc(-c2cccs2)o1)c1cc2ccccc2[nH]1. The number of nitrogens with one attached hydrogen (secondary N) is 2. The number of furan rings is 1. The number of hydrogen-bond donors (Lipinski definition) is 3. The minimum absolute atomic E-state index is 0.0750. The van der Waals surface area contributed by atoms with Crippen LogP contribution < -0.4 is 5.32 Å². The van der Waals surface area contributed by atoms with Gasteiger partial charge >= 0.3 is 0 Å². The molecular formula is C19H16N2O3S. The highest BCUT2D eigenvalue weighted by Gasteiger charge is 2.16. The lowest BCUT2D eigenvalue weighted by molar-refractivity contribution is 0.0898. The summed E-state index contributed by atoms with van der Waals surface area (Å²) in [6.45, 7) is 0.0750. The van der Waals surface area contributed by atoms with Crippen molar-refractivity contribution in [2.75, 3.05) is 6.54 Å². The Morgan fingerprint density at radius 3 is 2.88 bits per heavy atom. The second-order valence-electron chi connectivity index (χ2n) is 5.68. The second-order valence-corrected chi connectivity index (χ2v) is 6.62. The molecule has 1 atom stereocenters. The lowest BCUT2D eigenvalue weighted by Gasteiger charge is -2.09. The first-order valence-corrected chi connectivity index (χ1v) is 8.76. The highest BCUT2D eigenvalue weighted by Crippen LogP contribution is 2.28. The van der Waals surface area contributed by atoms with E-state index in [2.05, 4.69) is 10.3 Å². The van der Waals surface area contributed by atoms with Gasteiger partial charge in [0.15, 0.2) is 0 Å². The molecule has 4 rings (SSSR count). The summed E-state index contributed by atoms with van der Waals surface area (Å²) in [6, 6.07) is 16.9. The summed E-state index contributed by atoms with van der Waals surface area (Å²) in [7, 11) is 0. The summed E-state index contributed by atoms with van der Waals surface area (Å²) in [4.78, 5) is 16.3. The molecule has 4 aromatic rings. The zero-order valence-corrected chi connectivity index (χ0v) is 14.0. The van der Waals surface area contributed by atoms with Gasteiger partial charge in [-0.2, -0.15) is 0 Å². The van der Waals surface area contributed by atoms with Gasteiger partial charge in [-0.1, -0.05) is 24.3 Å². The summed E-state index contributed by atoms with van der Waals surface area (Å²) >= 11 is 1.57. The molecule has 3 heterocycles. The largest absolute Gasteiger partial charge is 0.457 e. The Kier molecular flexibility index (Phi) is 4.13. The van der Waals surface area contributed by atoms with Gasteiger partial charge in [0, 0.05) is 10.9 Å². The second kappa shape index (κ2) is 6.58. The fourth-order valence-electron chi connectivity index (χ4n) is 2.66. The number of aromatic amines is 1. The maximum Gasteiger partial charge on any atom is 0.267 e. The van der Waals surface area contributed by atoms with Crippen molar-refractivity contribution in [3.63, 3.8) is 0 Å². The lowest BCUT2D eigenvalue weighted by Crippen LogP contribution is -2.28. The molecule has 6 heteroatoms. The van der Waals surface area contributed by atoms with Crippen LogP contribution in [0.5, 0.6) is 0 Å². The molecule has 0 aliphatic heterocycles. The van der Waals surface area contributed by atoms with Crippen molar-refractivity contribution in [1.82, 2.24) is 10.3 Å². The first kappa shape index (κ1) is 15.7. The molecule has 3 N–H and O–H groups in total. The van der Waals surface area contributed by atoms with Crippen molar-refractivity contribution in [2.24, 2.45) is 0 Å². The van der Waals surface area contributed by atoms with Crippen molar-refractivity contribution >= 4 is 28.1 Å². The summed E-state index contributed by atoms with van der Waals surface area (Å²) in [5.74, 6) is 0.881. The van der Waals surface area contributed by atoms with E-state index >= 15 is 0 Å². The number of aromatic nitrogens is 1. The highest BCUT2D eigenvalue weighted by atomic mass is 32.1. The molecule has 0 aliphatic rings. The molecule has 1 amide bonds.